The fourth-order valence-electron chi connectivity index (χ4n) is 2.20. The number of hydrogen-bond donors (Lipinski definition) is 1. The van der Waals surface area contributed by atoms with Gasteiger partial charge >= 0.3 is 0 Å². The first-order valence-electron chi connectivity index (χ1n) is 5.96. The van der Waals surface area contributed by atoms with Crippen molar-refractivity contribution in [1.29, 1.82) is 0 Å². The Morgan fingerprint density at radius 3 is 3.00 bits per heavy atom. The van der Waals surface area contributed by atoms with Crippen LogP contribution in [0.25, 0.3) is 0 Å². The normalized spacial score (nSPS) is 24.8. The molecule has 2 heterocycles. The highest BCUT2D eigenvalue weighted by Gasteiger charge is 2.25. The van der Waals surface area contributed by atoms with Crippen molar-refractivity contribution in [2.75, 3.05) is 13.2 Å². The van der Waals surface area contributed by atoms with Crippen LogP contribution in [0.5, 0.6) is 0 Å². The molecule has 0 aromatic carbocycles. The van der Waals surface area contributed by atoms with Crippen molar-refractivity contribution in [2.24, 2.45) is 5.92 Å². The van der Waals surface area contributed by atoms with Gasteiger partial charge in [-0.3, -0.25) is 0 Å². The van der Waals surface area contributed by atoms with Gasteiger partial charge < -0.3 is 10.1 Å². The molecule has 16 heavy (non-hydrogen) atoms. The van der Waals surface area contributed by atoms with Crippen molar-refractivity contribution in [1.82, 2.24) is 15.3 Å². The summed E-state index contributed by atoms with van der Waals surface area (Å²) in [6, 6.07) is 0. The van der Waals surface area contributed by atoms with E-state index in [4.69, 9.17) is 4.74 Å². The number of aromatic nitrogens is 2. The Bertz CT molecular complexity index is 304. The molecule has 0 amide bonds. The Morgan fingerprint density at radius 2 is 2.25 bits per heavy atom. The molecule has 1 saturated heterocycles. The van der Waals surface area contributed by atoms with E-state index >= 15 is 0 Å². The van der Waals surface area contributed by atoms with Crippen LogP contribution in [0.1, 0.15) is 25.3 Å². The Morgan fingerprint density at radius 1 is 1.44 bits per heavy atom. The summed E-state index contributed by atoms with van der Waals surface area (Å²) in [7, 11) is 0. The van der Waals surface area contributed by atoms with Gasteiger partial charge in [-0.05, 0) is 18.8 Å². The van der Waals surface area contributed by atoms with Gasteiger partial charge in [-0.1, -0.05) is 6.92 Å². The van der Waals surface area contributed by atoms with Gasteiger partial charge in [0.25, 0.3) is 0 Å². The van der Waals surface area contributed by atoms with Crippen molar-refractivity contribution in [3.63, 3.8) is 0 Å². The van der Waals surface area contributed by atoms with E-state index in [0.717, 1.165) is 31.7 Å². The molecule has 88 valence electrons. The highest BCUT2D eigenvalue weighted by Crippen LogP contribution is 2.22. The summed E-state index contributed by atoms with van der Waals surface area (Å²) in [5.74, 6) is 0.662. The van der Waals surface area contributed by atoms with Crippen molar-refractivity contribution in [2.45, 2.75) is 32.4 Å². The molecule has 1 aromatic heterocycles. The standard InChI is InChI=1S/C12H19N3O/c1-2-12-11(3-4-16-12)8-13-5-10-6-14-9-15-7-10/h6-7,9,11-13H,2-5,8H2,1H3. The second-order valence-corrected chi connectivity index (χ2v) is 4.24. The van der Waals surface area contributed by atoms with Crippen LogP contribution in [0.4, 0.5) is 0 Å². The van der Waals surface area contributed by atoms with Gasteiger partial charge in [-0.15, -0.1) is 0 Å². The molecule has 1 N–H and O–H groups in total. The van der Waals surface area contributed by atoms with Crippen LogP contribution in [0.3, 0.4) is 0 Å². The van der Waals surface area contributed by atoms with E-state index in [1.54, 1.807) is 6.33 Å². The molecule has 1 aromatic rings. The topological polar surface area (TPSA) is 47.0 Å². The zero-order valence-electron chi connectivity index (χ0n) is 9.72. The maximum atomic E-state index is 5.65. The zero-order valence-corrected chi connectivity index (χ0v) is 9.72. The highest BCUT2D eigenvalue weighted by atomic mass is 16.5. The van der Waals surface area contributed by atoms with Crippen LogP contribution in [-0.4, -0.2) is 29.2 Å². The van der Waals surface area contributed by atoms with Crippen molar-refractivity contribution in [3.8, 4) is 0 Å². The number of rotatable bonds is 5. The minimum absolute atomic E-state index is 0.444. The molecule has 0 bridgehead atoms. The monoisotopic (exact) mass is 221 g/mol. The molecule has 1 fully saturated rings. The van der Waals surface area contributed by atoms with Gasteiger partial charge in [0.05, 0.1) is 6.10 Å². The Hall–Kier alpha value is -1.00. The highest BCUT2D eigenvalue weighted by molar-refractivity contribution is 5.01. The minimum Gasteiger partial charge on any atom is -0.378 e. The molecule has 0 spiro atoms. The largest absolute Gasteiger partial charge is 0.378 e. The van der Waals surface area contributed by atoms with Crippen LogP contribution >= 0.6 is 0 Å². The number of nitrogens with zero attached hydrogens (tertiary/aromatic N) is 2. The minimum atomic E-state index is 0.444. The number of hydrogen-bond acceptors (Lipinski definition) is 4. The van der Waals surface area contributed by atoms with Gasteiger partial charge in [0.2, 0.25) is 0 Å². The van der Waals surface area contributed by atoms with Crippen LogP contribution in [-0.2, 0) is 11.3 Å². The summed E-state index contributed by atoms with van der Waals surface area (Å²) in [4.78, 5) is 7.98. The average Bonchev–Trinajstić information content (AvgIpc) is 2.78. The fourth-order valence-corrected chi connectivity index (χ4v) is 2.20. The molecule has 1 aliphatic heterocycles. The fraction of sp³-hybridized carbons (Fsp3) is 0.667. The summed E-state index contributed by atoms with van der Waals surface area (Å²) in [5, 5.41) is 3.45. The summed E-state index contributed by atoms with van der Waals surface area (Å²) in [5.41, 5.74) is 1.13. The van der Waals surface area contributed by atoms with Crippen LogP contribution in [0, 0.1) is 5.92 Å². The SMILES string of the molecule is CCC1OCCC1CNCc1cncnc1. The van der Waals surface area contributed by atoms with Gasteiger partial charge in [0, 0.05) is 37.7 Å². The molecule has 2 atom stereocenters. The lowest BCUT2D eigenvalue weighted by atomic mass is 10.00. The van der Waals surface area contributed by atoms with Gasteiger partial charge in [-0.25, -0.2) is 9.97 Å². The number of nitrogens with one attached hydrogen (secondary N) is 1. The summed E-state index contributed by atoms with van der Waals surface area (Å²) >= 11 is 0. The Labute approximate surface area is 96.4 Å². The van der Waals surface area contributed by atoms with Crippen molar-refractivity contribution >= 4 is 0 Å². The smallest absolute Gasteiger partial charge is 0.115 e. The summed E-state index contributed by atoms with van der Waals surface area (Å²) in [6.07, 6.45) is 7.99. The number of ether oxygens (including phenoxy) is 1. The lowest BCUT2D eigenvalue weighted by molar-refractivity contribution is 0.0872. The van der Waals surface area contributed by atoms with Crippen molar-refractivity contribution < 1.29 is 4.74 Å². The Kier molecular flexibility index (Phi) is 4.25. The zero-order chi connectivity index (χ0) is 11.2. The molecule has 0 radical (unpaired) electrons. The molecule has 1 aliphatic rings. The molecular formula is C12H19N3O. The maximum Gasteiger partial charge on any atom is 0.115 e. The molecule has 2 unspecified atom stereocenters. The van der Waals surface area contributed by atoms with E-state index in [0.29, 0.717) is 12.0 Å². The van der Waals surface area contributed by atoms with E-state index in [1.807, 2.05) is 12.4 Å². The lowest BCUT2D eigenvalue weighted by Crippen LogP contribution is -2.28. The van der Waals surface area contributed by atoms with E-state index in [9.17, 15) is 0 Å². The predicted molar refractivity (Wildman–Crippen MR) is 61.9 cm³/mol. The van der Waals surface area contributed by atoms with Gasteiger partial charge in [0.1, 0.15) is 6.33 Å². The van der Waals surface area contributed by atoms with E-state index < -0.39 is 0 Å². The lowest BCUT2D eigenvalue weighted by Gasteiger charge is -2.17. The first-order chi connectivity index (χ1) is 7.90. The third kappa shape index (κ3) is 3.00. The maximum absolute atomic E-state index is 5.65. The van der Waals surface area contributed by atoms with Gasteiger partial charge in [0.15, 0.2) is 0 Å². The average molecular weight is 221 g/mol. The molecule has 4 nitrogen and oxygen atoms in total. The summed E-state index contributed by atoms with van der Waals surface area (Å²) < 4.78 is 5.65. The molecule has 0 aliphatic carbocycles. The third-order valence-corrected chi connectivity index (χ3v) is 3.10. The molecule has 0 saturated carbocycles. The van der Waals surface area contributed by atoms with Crippen LogP contribution in [0.2, 0.25) is 0 Å². The van der Waals surface area contributed by atoms with Gasteiger partial charge in [-0.2, -0.15) is 0 Å². The van der Waals surface area contributed by atoms with Crippen molar-refractivity contribution in [3.05, 3.63) is 24.3 Å². The first-order valence-corrected chi connectivity index (χ1v) is 5.96. The molecule has 2 rings (SSSR count). The quantitative estimate of drug-likeness (QED) is 0.816. The second-order valence-electron chi connectivity index (χ2n) is 4.24. The van der Waals surface area contributed by atoms with Crippen LogP contribution < -0.4 is 5.32 Å². The van der Waals surface area contributed by atoms with E-state index in [2.05, 4.69) is 22.2 Å². The Balaban J connectivity index is 1.72. The summed E-state index contributed by atoms with van der Waals surface area (Å²) in [6.45, 7) is 4.97. The van der Waals surface area contributed by atoms with Crippen LogP contribution in [0.15, 0.2) is 18.7 Å². The first kappa shape index (κ1) is 11.5. The second kappa shape index (κ2) is 5.92. The van der Waals surface area contributed by atoms with E-state index in [-0.39, 0.29) is 0 Å². The molecular weight excluding hydrogens is 202 g/mol. The van der Waals surface area contributed by atoms with E-state index in [1.165, 1.54) is 6.42 Å². The molecule has 4 heteroatoms. The third-order valence-electron chi connectivity index (χ3n) is 3.10. The predicted octanol–water partition coefficient (Wildman–Crippen LogP) is 1.38.